The minimum atomic E-state index is -0.705. The lowest BCUT2D eigenvalue weighted by molar-refractivity contribution is 0.00223. The van der Waals surface area contributed by atoms with Crippen LogP contribution >= 0.6 is 11.3 Å². The zero-order valence-corrected chi connectivity index (χ0v) is 12.1. The minimum Gasteiger partial charge on any atom is -0.383 e. The van der Waals surface area contributed by atoms with Crippen LogP contribution in [0.5, 0.6) is 0 Å². The maximum absolute atomic E-state index is 10.6. The molecule has 0 amide bonds. The van der Waals surface area contributed by atoms with Crippen LogP contribution in [0.1, 0.15) is 37.4 Å². The van der Waals surface area contributed by atoms with E-state index in [0.29, 0.717) is 0 Å². The van der Waals surface area contributed by atoms with Crippen LogP contribution in [0.3, 0.4) is 0 Å². The standard InChI is InChI=1S/C13H23N3OS/c1-3-16(4-2)9-12-15-11(10-18-12)13(17)5-7-14-8-6-13/h10,14,17H,3-9H2,1-2H3. The van der Waals surface area contributed by atoms with Crippen molar-refractivity contribution in [2.24, 2.45) is 0 Å². The molecule has 102 valence electrons. The summed E-state index contributed by atoms with van der Waals surface area (Å²) in [6.45, 7) is 9.06. The Morgan fingerprint density at radius 1 is 1.39 bits per heavy atom. The average molecular weight is 269 g/mol. The molecule has 0 radical (unpaired) electrons. The maximum Gasteiger partial charge on any atom is 0.110 e. The molecule has 1 aliphatic heterocycles. The number of aromatic nitrogens is 1. The van der Waals surface area contributed by atoms with Gasteiger partial charge in [0.05, 0.1) is 12.2 Å². The van der Waals surface area contributed by atoms with Crippen molar-refractivity contribution in [3.05, 3.63) is 16.1 Å². The molecule has 1 saturated heterocycles. The van der Waals surface area contributed by atoms with Gasteiger partial charge in [-0.2, -0.15) is 0 Å². The van der Waals surface area contributed by atoms with E-state index in [1.54, 1.807) is 11.3 Å². The van der Waals surface area contributed by atoms with Crippen LogP contribution in [0.2, 0.25) is 0 Å². The van der Waals surface area contributed by atoms with Crippen molar-refractivity contribution in [2.75, 3.05) is 26.2 Å². The molecule has 1 aromatic rings. The summed E-state index contributed by atoms with van der Waals surface area (Å²) < 4.78 is 0. The predicted octanol–water partition coefficient (Wildman–Crippen LogP) is 1.56. The Hall–Kier alpha value is -0.490. The summed E-state index contributed by atoms with van der Waals surface area (Å²) in [6, 6.07) is 0. The Morgan fingerprint density at radius 2 is 2.06 bits per heavy atom. The number of thiazole rings is 1. The summed E-state index contributed by atoms with van der Waals surface area (Å²) in [5.41, 5.74) is 0.166. The van der Waals surface area contributed by atoms with Gasteiger partial charge in [0.1, 0.15) is 10.6 Å². The molecular formula is C13H23N3OS. The molecule has 0 bridgehead atoms. The van der Waals surface area contributed by atoms with E-state index in [0.717, 1.165) is 56.3 Å². The second-order valence-corrected chi connectivity index (χ2v) is 5.81. The van der Waals surface area contributed by atoms with Gasteiger partial charge in [-0.3, -0.25) is 4.90 Å². The van der Waals surface area contributed by atoms with Gasteiger partial charge in [0.2, 0.25) is 0 Å². The quantitative estimate of drug-likeness (QED) is 0.851. The first-order valence-electron chi connectivity index (χ1n) is 6.78. The normalized spacial score (nSPS) is 19.3. The van der Waals surface area contributed by atoms with E-state index in [9.17, 15) is 5.11 Å². The Labute approximate surface area is 113 Å². The highest BCUT2D eigenvalue weighted by molar-refractivity contribution is 7.09. The fourth-order valence-corrected chi connectivity index (χ4v) is 3.26. The van der Waals surface area contributed by atoms with Gasteiger partial charge in [0.15, 0.2) is 0 Å². The highest BCUT2D eigenvalue weighted by Crippen LogP contribution is 2.31. The van der Waals surface area contributed by atoms with Gasteiger partial charge >= 0.3 is 0 Å². The van der Waals surface area contributed by atoms with Gasteiger partial charge in [0.25, 0.3) is 0 Å². The molecule has 0 unspecified atom stereocenters. The van der Waals surface area contributed by atoms with Crippen LogP contribution < -0.4 is 5.32 Å². The third kappa shape index (κ3) is 3.09. The van der Waals surface area contributed by atoms with Crippen LogP contribution in [0.25, 0.3) is 0 Å². The summed E-state index contributed by atoms with van der Waals surface area (Å²) in [4.78, 5) is 6.98. The van der Waals surface area contributed by atoms with E-state index in [4.69, 9.17) is 0 Å². The highest BCUT2D eigenvalue weighted by Gasteiger charge is 2.33. The van der Waals surface area contributed by atoms with Gasteiger partial charge < -0.3 is 10.4 Å². The Bertz CT molecular complexity index is 370. The molecule has 0 aliphatic carbocycles. The van der Waals surface area contributed by atoms with Crippen molar-refractivity contribution >= 4 is 11.3 Å². The number of hydrogen-bond donors (Lipinski definition) is 2. The molecular weight excluding hydrogens is 246 g/mol. The van der Waals surface area contributed by atoms with Crippen molar-refractivity contribution in [3.63, 3.8) is 0 Å². The fourth-order valence-electron chi connectivity index (χ4n) is 2.33. The summed E-state index contributed by atoms with van der Waals surface area (Å²) in [5, 5.41) is 17.0. The van der Waals surface area contributed by atoms with Crippen molar-refractivity contribution < 1.29 is 5.11 Å². The third-order valence-electron chi connectivity index (χ3n) is 3.71. The topological polar surface area (TPSA) is 48.4 Å². The molecule has 0 saturated carbocycles. The lowest BCUT2D eigenvalue weighted by Gasteiger charge is -2.30. The van der Waals surface area contributed by atoms with Crippen molar-refractivity contribution in [3.8, 4) is 0 Å². The number of nitrogens with one attached hydrogen (secondary N) is 1. The van der Waals surface area contributed by atoms with E-state index >= 15 is 0 Å². The monoisotopic (exact) mass is 269 g/mol. The lowest BCUT2D eigenvalue weighted by atomic mass is 9.90. The zero-order valence-electron chi connectivity index (χ0n) is 11.3. The molecule has 5 heteroatoms. The fraction of sp³-hybridized carbons (Fsp3) is 0.769. The van der Waals surface area contributed by atoms with Crippen LogP contribution in [0, 0.1) is 0 Å². The van der Waals surface area contributed by atoms with E-state index in [1.165, 1.54) is 0 Å². The first kappa shape index (κ1) is 13.9. The van der Waals surface area contributed by atoms with Crippen molar-refractivity contribution in [1.82, 2.24) is 15.2 Å². The minimum absolute atomic E-state index is 0.705. The molecule has 18 heavy (non-hydrogen) atoms. The molecule has 1 aliphatic rings. The van der Waals surface area contributed by atoms with E-state index < -0.39 is 5.60 Å². The molecule has 0 aromatic carbocycles. The van der Waals surface area contributed by atoms with E-state index in [2.05, 4.69) is 29.0 Å². The molecule has 4 nitrogen and oxygen atoms in total. The van der Waals surface area contributed by atoms with Gasteiger partial charge in [-0.15, -0.1) is 11.3 Å². The van der Waals surface area contributed by atoms with Crippen LogP contribution in [0.4, 0.5) is 0 Å². The number of nitrogens with zero attached hydrogens (tertiary/aromatic N) is 2. The van der Waals surface area contributed by atoms with E-state index in [1.807, 2.05) is 5.38 Å². The summed E-state index contributed by atoms with van der Waals surface area (Å²) >= 11 is 1.67. The molecule has 1 aromatic heterocycles. The highest BCUT2D eigenvalue weighted by atomic mass is 32.1. The molecule has 0 spiro atoms. The van der Waals surface area contributed by atoms with Gasteiger partial charge in [-0.1, -0.05) is 13.8 Å². The number of piperidine rings is 1. The van der Waals surface area contributed by atoms with Gasteiger partial charge in [-0.25, -0.2) is 4.98 Å². The largest absolute Gasteiger partial charge is 0.383 e. The van der Waals surface area contributed by atoms with Crippen LogP contribution in [-0.4, -0.2) is 41.2 Å². The summed E-state index contributed by atoms with van der Waals surface area (Å²) in [6.07, 6.45) is 1.53. The van der Waals surface area contributed by atoms with Gasteiger partial charge in [-0.05, 0) is 39.0 Å². The maximum atomic E-state index is 10.6. The Morgan fingerprint density at radius 3 is 2.67 bits per heavy atom. The molecule has 0 atom stereocenters. The Kier molecular flexibility index (Phi) is 4.72. The zero-order chi connectivity index (χ0) is 13.0. The second kappa shape index (κ2) is 6.10. The smallest absolute Gasteiger partial charge is 0.110 e. The molecule has 1 fully saturated rings. The first-order valence-corrected chi connectivity index (χ1v) is 7.66. The lowest BCUT2D eigenvalue weighted by Crippen LogP contribution is -2.40. The van der Waals surface area contributed by atoms with Crippen LogP contribution in [0.15, 0.2) is 5.38 Å². The number of rotatable bonds is 5. The SMILES string of the molecule is CCN(CC)Cc1nc(C2(O)CCNCC2)cs1. The predicted molar refractivity (Wildman–Crippen MR) is 74.7 cm³/mol. The summed E-state index contributed by atoms with van der Waals surface area (Å²) in [7, 11) is 0. The molecule has 2 rings (SSSR count). The third-order valence-corrected chi connectivity index (χ3v) is 4.55. The second-order valence-electron chi connectivity index (χ2n) is 4.87. The van der Waals surface area contributed by atoms with Gasteiger partial charge in [0, 0.05) is 5.38 Å². The average Bonchev–Trinajstić information content (AvgIpc) is 2.86. The van der Waals surface area contributed by atoms with Crippen LogP contribution in [-0.2, 0) is 12.1 Å². The van der Waals surface area contributed by atoms with Crippen molar-refractivity contribution in [1.29, 1.82) is 0 Å². The van der Waals surface area contributed by atoms with E-state index in [-0.39, 0.29) is 0 Å². The molecule has 2 heterocycles. The number of hydrogen-bond acceptors (Lipinski definition) is 5. The number of aliphatic hydroxyl groups is 1. The Balaban J connectivity index is 2.05. The van der Waals surface area contributed by atoms with Crippen molar-refractivity contribution in [2.45, 2.75) is 38.8 Å². The first-order chi connectivity index (χ1) is 8.68. The molecule has 2 N–H and O–H groups in total. The summed E-state index contributed by atoms with van der Waals surface area (Å²) in [5.74, 6) is 0.